The third kappa shape index (κ3) is 6.52. The van der Waals surface area contributed by atoms with Crippen LogP contribution in [0.3, 0.4) is 0 Å². The molecular formula is C32H34N4O4S. The van der Waals surface area contributed by atoms with Crippen LogP contribution in [0.2, 0.25) is 0 Å². The topological polar surface area (TPSA) is 98.0 Å². The summed E-state index contributed by atoms with van der Waals surface area (Å²) in [6, 6.07) is 23.9. The van der Waals surface area contributed by atoms with E-state index in [4.69, 9.17) is 18.4 Å². The first kappa shape index (κ1) is 28.2. The molecule has 41 heavy (non-hydrogen) atoms. The average molecular weight is 571 g/mol. The van der Waals surface area contributed by atoms with Crippen LogP contribution in [0, 0.1) is 0 Å². The highest BCUT2D eigenvalue weighted by Crippen LogP contribution is 2.42. The molecule has 4 aromatic rings. The highest BCUT2D eigenvalue weighted by Gasteiger charge is 2.30. The zero-order valence-electron chi connectivity index (χ0n) is 23.6. The molecule has 1 atom stereocenters. The van der Waals surface area contributed by atoms with Crippen LogP contribution in [0.1, 0.15) is 59.4 Å². The molecule has 8 nitrogen and oxygen atoms in total. The van der Waals surface area contributed by atoms with Gasteiger partial charge in [0.15, 0.2) is 17.3 Å². The lowest BCUT2D eigenvalue weighted by Gasteiger charge is -2.19. The fourth-order valence-electron chi connectivity index (χ4n) is 4.47. The molecule has 0 saturated carbocycles. The fourth-order valence-corrected chi connectivity index (χ4v) is 5.24. The smallest absolute Gasteiger partial charge is 0.274 e. The molecule has 3 aromatic carbocycles. The van der Waals surface area contributed by atoms with Crippen molar-refractivity contribution < 1.29 is 18.8 Å². The number of ether oxygens (including phenoxy) is 2. The molecule has 0 spiro atoms. The summed E-state index contributed by atoms with van der Waals surface area (Å²) in [6.45, 7) is 7.30. The summed E-state index contributed by atoms with van der Waals surface area (Å²) >= 11 is 0. The Balaban J connectivity index is 1.63. The largest absolute Gasteiger partial charge is 0.488 e. The van der Waals surface area contributed by atoms with E-state index >= 15 is 0 Å². The number of amidine groups is 1. The summed E-state index contributed by atoms with van der Waals surface area (Å²) in [5.74, 6) is 2.03. The number of nitrogens with one attached hydrogen (secondary N) is 2. The van der Waals surface area contributed by atoms with Gasteiger partial charge in [-0.1, -0.05) is 90.3 Å². The predicted molar refractivity (Wildman–Crippen MR) is 165 cm³/mol. The maximum Gasteiger partial charge on any atom is 0.274 e. The van der Waals surface area contributed by atoms with Crippen LogP contribution in [0.25, 0.3) is 11.3 Å². The highest BCUT2D eigenvalue weighted by molar-refractivity contribution is 8.13. The Morgan fingerprint density at radius 1 is 0.976 bits per heavy atom. The molecule has 1 aromatic heterocycles. The highest BCUT2D eigenvalue weighted by atomic mass is 32.2. The Morgan fingerprint density at radius 3 is 2.17 bits per heavy atom. The number of benzene rings is 3. The summed E-state index contributed by atoms with van der Waals surface area (Å²) in [7, 11) is -0.348. The molecule has 9 heteroatoms. The van der Waals surface area contributed by atoms with Gasteiger partial charge in [0, 0.05) is 18.1 Å². The molecule has 2 heterocycles. The first-order chi connectivity index (χ1) is 19.9. The predicted octanol–water partition coefficient (Wildman–Crippen LogP) is 6.30. The van der Waals surface area contributed by atoms with Crippen LogP contribution in [0.4, 0.5) is 0 Å². The second kappa shape index (κ2) is 12.9. The van der Waals surface area contributed by atoms with E-state index in [-0.39, 0.29) is 28.2 Å². The van der Waals surface area contributed by atoms with Crippen LogP contribution < -0.4 is 20.1 Å². The number of aromatic nitrogens is 1. The lowest BCUT2D eigenvalue weighted by atomic mass is 9.95. The minimum atomic E-state index is -0.348. The Morgan fingerprint density at radius 2 is 1.61 bits per heavy atom. The van der Waals surface area contributed by atoms with Gasteiger partial charge in [-0.25, -0.2) is 4.40 Å². The monoisotopic (exact) mass is 570 g/mol. The van der Waals surface area contributed by atoms with E-state index in [0.29, 0.717) is 48.2 Å². The third-order valence-electron chi connectivity index (χ3n) is 6.54. The summed E-state index contributed by atoms with van der Waals surface area (Å²) in [4.78, 5) is 13.0. The van der Waals surface area contributed by atoms with Crippen LogP contribution in [0.5, 0.6) is 11.5 Å². The van der Waals surface area contributed by atoms with Gasteiger partial charge < -0.3 is 24.6 Å². The zero-order chi connectivity index (χ0) is 28.8. The van der Waals surface area contributed by atoms with Crippen molar-refractivity contribution in [2.45, 2.75) is 39.9 Å². The van der Waals surface area contributed by atoms with E-state index in [1.807, 2.05) is 91.5 Å². The van der Waals surface area contributed by atoms with Crippen molar-refractivity contribution in [2.75, 3.05) is 12.8 Å². The number of hydrogen-bond donors (Lipinski definition) is 2. The van der Waals surface area contributed by atoms with Crippen molar-refractivity contribution in [1.29, 1.82) is 0 Å². The molecule has 0 radical (unpaired) electrons. The molecule has 0 aliphatic carbocycles. The van der Waals surface area contributed by atoms with Crippen LogP contribution in [-0.4, -0.2) is 35.2 Å². The molecule has 1 unspecified atom stereocenters. The summed E-state index contributed by atoms with van der Waals surface area (Å²) in [5, 5.41) is 10.3. The average Bonchev–Trinajstić information content (AvgIpc) is 3.62. The van der Waals surface area contributed by atoms with Crippen molar-refractivity contribution in [3.8, 4) is 22.8 Å². The Bertz CT molecular complexity index is 1580. The van der Waals surface area contributed by atoms with Gasteiger partial charge in [-0.15, -0.1) is 0 Å². The maximum atomic E-state index is 13.0. The van der Waals surface area contributed by atoms with Crippen molar-refractivity contribution in [3.63, 3.8) is 0 Å². The lowest BCUT2D eigenvalue weighted by molar-refractivity contribution is 0.0946. The second-order valence-electron chi connectivity index (χ2n) is 9.91. The van der Waals surface area contributed by atoms with Crippen molar-refractivity contribution in [2.24, 2.45) is 4.40 Å². The minimum absolute atomic E-state index is 0.133. The molecule has 212 valence electrons. The summed E-state index contributed by atoms with van der Waals surface area (Å²) < 4.78 is 23.4. The van der Waals surface area contributed by atoms with E-state index in [1.165, 1.54) is 0 Å². The SMILES string of the molecule is CCNC(=O)c1noc(-c2cc(C(C)C)c(OCc3ccccc3)cc2OCc2ccccc2)c1C1=NS(C)=CN1. The maximum absolute atomic E-state index is 13.0. The number of carbonyl (C=O) groups is 1. The molecule has 2 N–H and O–H groups in total. The van der Waals surface area contributed by atoms with Gasteiger partial charge in [0.2, 0.25) is 0 Å². The molecular weight excluding hydrogens is 536 g/mol. The van der Waals surface area contributed by atoms with Gasteiger partial charge in [0.1, 0.15) is 24.7 Å². The standard InChI is InChI=1S/C32H34N4O4S/c1-5-33-32(37)29-28(31-34-20-41(4)36-31)30(40-35-29)25-16-24(21(2)3)26(38-18-22-12-8-6-9-13-22)17-27(25)39-19-23-14-10-7-11-15-23/h6-17,20-21H,5,18-19H2,1-4H3,(H,33,37)(H,34,36). The van der Waals surface area contributed by atoms with Crippen LogP contribution in [-0.2, 0) is 13.2 Å². The van der Waals surface area contributed by atoms with Crippen molar-refractivity contribution in [3.05, 3.63) is 101 Å². The number of carbonyl (C=O) groups excluding carboxylic acids is 1. The Labute approximate surface area is 242 Å². The normalized spacial score (nSPS) is 14.3. The summed E-state index contributed by atoms with van der Waals surface area (Å²) in [6.07, 6.45) is 1.99. The first-order valence-electron chi connectivity index (χ1n) is 13.6. The third-order valence-corrected chi connectivity index (χ3v) is 7.47. The first-order valence-corrected chi connectivity index (χ1v) is 15.2. The van der Waals surface area contributed by atoms with E-state index in [1.54, 1.807) is 0 Å². The van der Waals surface area contributed by atoms with E-state index < -0.39 is 0 Å². The van der Waals surface area contributed by atoms with Crippen LogP contribution >= 0.6 is 10.7 Å². The number of nitrogens with zero attached hydrogens (tertiary/aromatic N) is 2. The molecule has 5 rings (SSSR count). The van der Waals surface area contributed by atoms with Gasteiger partial charge >= 0.3 is 0 Å². The molecule has 0 bridgehead atoms. The van der Waals surface area contributed by atoms with Gasteiger partial charge in [0.25, 0.3) is 5.91 Å². The molecule has 1 aliphatic rings. The van der Waals surface area contributed by atoms with E-state index in [0.717, 1.165) is 22.4 Å². The summed E-state index contributed by atoms with van der Waals surface area (Å²) in [5.41, 5.74) is 6.30. The van der Waals surface area contributed by atoms with Gasteiger partial charge in [0.05, 0.1) is 11.1 Å². The van der Waals surface area contributed by atoms with E-state index in [2.05, 4.69) is 29.6 Å². The van der Waals surface area contributed by atoms with Crippen molar-refractivity contribution >= 4 is 27.9 Å². The number of hydrogen-bond acceptors (Lipinski definition) is 7. The number of rotatable bonds is 11. The minimum Gasteiger partial charge on any atom is -0.488 e. The number of amides is 1. The quantitative estimate of drug-likeness (QED) is 0.206. The lowest BCUT2D eigenvalue weighted by Crippen LogP contribution is -2.27. The molecule has 1 aliphatic heterocycles. The van der Waals surface area contributed by atoms with Gasteiger partial charge in [-0.3, -0.25) is 4.79 Å². The fraction of sp³-hybridized carbons (Fsp3) is 0.250. The molecule has 0 fully saturated rings. The van der Waals surface area contributed by atoms with Gasteiger partial charge in [-0.05, 0) is 41.9 Å². The Hall–Kier alpha value is -4.37. The molecule has 1 amide bonds. The van der Waals surface area contributed by atoms with Crippen LogP contribution in [0.15, 0.2) is 81.7 Å². The zero-order valence-corrected chi connectivity index (χ0v) is 24.5. The van der Waals surface area contributed by atoms with Gasteiger partial charge in [-0.2, -0.15) is 0 Å². The second-order valence-corrected chi connectivity index (χ2v) is 11.4. The Kier molecular flexibility index (Phi) is 8.84. The van der Waals surface area contributed by atoms with E-state index in [9.17, 15) is 4.79 Å². The van der Waals surface area contributed by atoms with Crippen molar-refractivity contribution in [1.82, 2.24) is 15.8 Å². The molecule has 0 saturated heterocycles.